The van der Waals surface area contributed by atoms with Crippen LogP contribution in [-0.4, -0.2) is 29.7 Å². The van der Waals surface area contributed by atoms with E-state index in [2.05, 4.69) is 15.3 Å². The minimum Gasteiger partial charge on any atom is -0.463 e. The fourth-order valence-electron chi connectivity index (χ4n) is 1.96. The van der Waals surface area contributed by atoms with Crippen molar-refractivity contribution in [3.63, 3.8) is 0 Å². The van der Waals surface area contributed by atoms with Gasteiger partial charge in [0, 0.05) is 11.8 Å². The van der Waals surface area contributed by atoms with Crippen LogP contribution < -0.4 is 10.1 Å². The third-order valence-corrected chi connectivity index (χ3v) is 3.43. The van der Waals surface area contributed by atoms with E-state index in [4.69, 9.17) is 16.3 Å². The maximum atomic E-state index is 5.90. The number of ether oxygens (including phenoxy) is 1. The van der Waals surface area contributed by atoms with Crippen LogP contribution in [0.15, 0.2) is 6.20 Å². The standard InChI is InChI=1S/C12H18ClN3O.ClH/c1-9-7-15-12(16-11(9)13)17-6-4-10-3-2-5-14-8-10;/h7,10,14H,2-6,8H2,1H3;1H. The lowest BCUT2D eigenvalue weighted by Gasteiger charge is -2.22. The Morgan fingerprint density at radius 1 is 1.56 bits per heavy atom. The monoisotopic (exact) mass is 291 g/mol. The molecular weight excluding hydrogens is 273 g/mol. The zero-order chi connectivity index (χ0) is 12.1. The zero-order valence-corrected chi connectivity index (χ0v) is 12.1. The molecule has 1 N–H and O–H groups in total. The molecule has 6 heteroatoms. The summed E-state index contributed by atoms with van der Waals surface area (Å²) in [4.78, 5) is 8.16. The first-order valence-electron chi connectivity index (χ1n) is 6.08. The molecule has 1 saturated heterocycles. The summed E-state index contributed by atoms with van der Waals surface area (Å²) in [6.07, 6.45) is 5.28. The molecule has 1 aliphatic rings. The summed E-state index contributed by atoms with van der Waals surface area (Å²) in [5.74, 6) is 0.713. The molecule has 2 rings (SSSR count). The molecule has 1 fully saturated rings. The molecule has 1 aliphatic heterocycles. The van der Waals surface area contributed by atoms with Crippen molar-refractivity contribution < 1.29 is 4.74 Å². The Hall–Kier alpha value is -0.580. The molecule has 1 unspecified atom stereocenters. The van der Waals surface area contributed by atoms with Crippen molar-refractivity contribution in [3.8, 4) is 6.01 Å². The highest BCUT2D eigenvalue weighted by atomic mass is 35.5. The van der Waals surface area contributed by atoms with Crippen LogP contribution in [0.2, 0.25) is 5.15 Å². The number of nitrogens with zero attached hydrogens (tertiary/aromatic N) is 2. The zero-order valence-electron chi connectivity index (χ0n) is 10.5. The quantitative estimate of drug-likeness (QED) is 0.867. The Morgan fingerprint density at radius 3 is 3.06 bits per heavy atom. The number of rotatable bonds is 4. The van der Waals surface area contributed by atoms with E-state index < -0.39 is 0 Å². The normalized spacial score (nSPS) is 19.1. The molecule has 1 atom stereocenters. The van der Waals surface area contributed by atoms with Crippen LogP contribution in [0.3, 0.4) is 0 Å². The van der Waals surface area contributed by atoms with Gasteiger partial charge in [0.15, 0.2) is 0 Å². The van der Waals surface area contributed by atoms with E-state index in [0.29, 0.717) is 23.7 Å². The molecular formula is C12H19Cl2N3O. The highest BCUT2D eigenvalue weighted by Gasteiger charge is 2.13. The van der Waals surface area contributed by atoms with Gasteiger partial charge in [0.2, 0.25) is 0 Å². The highest BCUT2D eigenvalue weighted by Crippen LogP contribution is 2.16. The fourth-order valence-corrected chi connectivity index (χ4v) is 2.08. The molecule has 4 nitrogen and oxygen atoms in total. The predicted molar refractivity (Wildman–Crippen MR) is 74.7 cm³/mol. The Kier molecular flexibility index (Phi) is 6.68. The molecule has 102 valence electrons. The van der Waals surface area contributed by atoms with E-state index in [1.165, 1.54) is 12.8 Å². The molecule has 0 saturated carbocycles. The summed E-state index contributed by atoms with van der Waals surface area (Å²) in [6.45, 7) is 4.78. The maximum absolute atomic E-state index is 5.90. The lowest BCUT2D eigenvalue weighted by atomic mass is 9.97. The smallest absolute Gasteiger partial charge is 0.317 e. The second kappa shape index (κ2) is 7.77. The molecule has 2 heterocycles. The minimum atomic E-state index is 0. The van der Waals surface area contributed by atoms with Crippen LogP contribution >= 0.6 is 24.0 Å². The third kappa shape index (κ3) is 4.59. The Labute approximate surface area is 119 Å². The Balaban J connectivity index is 0.00000162. The van der Waals surface area contributed by atoms with Crippen molar-refractivity contribution in [2.75, 3.05) is 19.7 Å². The van der Waals surface area contributed by atoms with Gasteiger partial charge in [-0.3, -0.25) is 0 Å². The first kappa shape index (κ1) is 15.5. The van der Waals surface area contributed by atoms with Crippen molar-refractivity contribution in [1.82, 2.24) is 15.3 Å². The molecule has 0 amide bonds. The lowest BCUT2D eigenvalue weighted by Crippen LogP contribution is -2.30. The maximum Gasteiger partial charge on any atom is 0.317 e. The molecule has 0 radical (unpaired) electrons. The number of halogens is 2. The van der Waals surface area contributed by atoms with E-state index in [-0.39, 0.29) is 12.4 Å². The minimum absolute atomic E-state index is 0. The van der Waals surface area contributed by atoms with Crippen molar-refractivity contribution in [3.05, 3.63) is 16.9 Å². The summed E-state index contributed by atoms with van der Waals surface area (Å²) in [6, 6.07) is 0.379. The summed E-state index contributed by atoms with van der Waals surface area (Å²) in [5, 5.41) is 3.86. The van der Waals surface area contributed by atoms with Crippen LogP contribution in [-0.2, 0) is 0 Å². The first-order valence-corrected chi connectivity index (χ1v) is 6.46. The number of aryl methyl sites for hydroxylation is 1. The van der Waals surface area contributed by atoms with Gasteiger partial charge in [-0.05, 0) is 45.2 Å². The van der Waals surface area contributed by atoms with Crippen molar-refractivity contribution >= 4 is 24.0 Å². The predicted octanol–water partition coefficient (Wildman–Crippen LogP) is 2.63. The van der Waals surface area contributed by atoms with Gasteiger partial charge in [0.25, 0.3) is 0 Å². The van der Waals surface area contributed by atoms with Gasteiger partial charge in [0.1, 0.15) is 5.15 Å². The third-order valence-electron chi connectivity index (χ3n) is 3.04. The molecule has 1 aromatic heterocycles. The van der Waals surface area contributed by atoms with Crippen LogP contribution in [0.5, 0.6) is 6.01 Å². The number of hydrogen-bond acceptors (Lipinski definition) is 4. The Bertz CT molecular complexity index is 370. The summed E-state index contributed by atoms with van der Waals surface area (Å²) < 4.78 is 5.51. The Morgan fingerprint density at radius 2 is 2.39 bits per heavy atom. The summed E-state index contributed by atoms with van der Waals surface area (Å²) in [5.41, 5.74) is 0.871. The van der Waals surface area contributed by atoms with Gasteiger partial charge < -0.3 is 10.1 Å². The average Bonchev–Trinajstić information content (AvgIpc) is 2.35. The van der Waals surface area contributed by atoms with Gasteiger partial charge in [-0.15, -0.1) is 12.4 Å². The topological polar surface area (TPSA) is 47.0 Å². The van der Waals surface area contributed by atoms with Crippen molar-refractivity contribution in [2.24, 2.45) is 5.92 Å². The molecule has 1 aromatic rings. The van der Waals surface area contributed by atoms with Gasteiger partial charge in [-0.2, -0.15) is 4.98 Å². The molecule has 0 aromatic carbocycles. The number of piperidine rings is 1. The van der Waals surface area contributed by atoms with Gasteiger partial charge in [-0.1, -0.05) is 11.6 Å². The lowest BCUT2D eigenvalue weighted by molar-refractivity contribution is 0.240. The molecule has 0 bridgehead atoms. The molecule has 18 heavy (non-hydrogen) atoms. The largest absolute Gasteiger partial charge is 0.463 e. The van der Waals surface area contributed by atoms with Crippen LogP contribution in [0.1, 0.15) is 24.8 Å². The van der Waals surface area contributed by atoms with E-state index in [1.54, 1.807) is 6.20 Å². The van der Waals surface area contributed by atoms with Crippen molar-refractivity contribution in [2.45, 2.75) is 26.2 Å². The van der Waals surface area contributed by atoms with E-state index >= 15 is 0 Å². The van der Waals surface area contributed by atoms with E-state index in [0.717, 1.165) is 25.1 Å². The van der Waals surface area contributed by atoms with Gasteiger partial charge >= 0.3 is 6.01 Å². The second-order valence-corrected chi connectivity index (χ2v) is 4.83. The summed E-state index contributed by atoms with van der Waals surface area (Å²) in [7, 11) is 0. The average molecular weight is 292 g/mol. The van der Waals surface area contributed by atoms with Crippen molar-refractivity contribution in [1.29, 1.82) is 0 Å². The van der Waals surface area contributed by atoms with Crippen LogP contribution in [0.4, 0.5) is 0 Å². The van der Waals surface area contributed by atoms with E-state index in [9.17, 15) is 0 Å². The van der Waals surface area contributed by atoms with Crippen LogP contribution in [0, 0.1) is 12.8 Å². The summed E-state index contributed by atoms with van der Waals surface area (Å²) >= 11 is 5.90. The second-order valence-electron chi connectivity index (χ2n) is 4.48. The fraction of sp³-hybridized carbons (Fsp3) is 0.667. The number of hydrogen-bond donors (Lipinski definition) is 1. The highest BCUT2D eigenvalue weighted by molar-refractivity contribution is 6.30. The molecule has 0 spiro atoms. The SMILES string of the molecule is Cc1cnc(OCCC2CCCNC2)nc1Cl.Cl. The van der Waals surface area contributed by atoms with Gasteiger partial charge in [-0.25, -0.2) is 4.98 Å². The van der Waals surface area contributed by atoms with Gasteiger partial charge in [0.05, 0.1) is 6.61 Å². The first-order chi connectivity index (χ1) is 8.25. The van der Waals surface area contributed by atoms with Crippen LogP contribution in [0.25, 0.3) is 0 Å². The number of nitrogens with one attached hydrogen (secondary N) is 1. The molecule has 0 aliphatic carbocycles. The number of aromatic nitrogens is 2. The van der Waals surface area contributed by atoms with E-state index in [1.807, 2.05) is 6.92 Å².